The number of ketones is 1. The molecule has 3 unspecified atom stereocenters. The number of phenols is 1. The van der Waals surface area contributed by atoms with Crippen LogP contribution < -0.4 is 10.1 Å². The number of hydrogen-bond acceptors (Lipinski definition) is 8. The Kier molecular flexibility index (Phi) is 6.76. The van der Waals surface area contributed by atoms with Gasteiger partial charge in [0, 0.05) is 24.7 Å². The van der Waals surface area contributed by atoms with Gasteiger partial charge < -0.3 is 20.1 Å². The van der Waals surface area contributed by atoms with E-state index in [1.165, 1.54) is 11.9 Å². The SMILES string of the molecule is O=C(NC1=CN(C(Cc2ccc(O)cc2)C(=O)N2CCCC3OCC(=O)C32)NS1)c1ccccc1. The summed E-state index contributed by atoms with van der Waals surface area (Å²) in [5.41, 5.74) is 1.38. The number of piperidine rings is 1. The molecule has 3 aliphatic heterocycles. The highest BCUT2D eigenvalue weighted by Crippen LogP contribution is 2.29. The lowest BCUT2D eigenvalue weighted by molar-refractivity contribution is -0.145. The monoisotopic (exact) mass is 494 g/mol. The van der Waals surface area contributed by atoms with Gasteiger partial charge in [-0.15, -0.1) is 0 Å². The molecule has 0 bridgehead atoms. The van der Waals surface area contributed by atoms with Crippen molar-refractivity contribution >= 4 is 29.5 Å². The van der Waals surface area contributed by atoms with Crippen LogP contribution in [0.1, 0.15) is 28.8 Å². The minimum Gasteiger partial charge on any atom is -0.508 e. The van der Waals surface area contributed by atoms with E-state index in [0.717, 1.165) is 18.4 Å². The number of ether oxygens (including phenoxy) is 1. The second-order valence-corrected chi connectivity index (χ2v) is 9.56. The van der Waals surface area contributed by atoms with E-state index in [9.17, 15) is 19.5 Å². The average molecular weight is 495 g/mol. The summed E-state index contributed by atoms with van der Waals surface area (Å²) < 4.78 is 5.63. The van der Waals surface area contributed by atoms with Gasteiger partial charge in [0.15, 0.2) is 5.78 Å². The number of benzene rings is 2. The van der Waals surface area contributed by atoms with Gasteiger partial charge in [-0.25, -0.2) is 0 Å². The first-order valence-corrected chi connectivity index (χ1v) is 12.3. The largest absolute Gasteiger partial charge is 0.508 e. The summed E-state index contributed by atoms with van der Waals surface area (Å²) in [6, 6.07) is 14.3. The van der Waals surface area contributed by atoms with Crippen molar-refractivity contribution in [2.24, 2.45) is 0 Å². The maximum Gasteiger partial charge on any atom is 0.256 e. The Morgan fingerprint density at radius 3 is 2.71 bits per heavy atom. The summed E-state index contributed by atoms with van der Waals surface area (Å²) in [5, 5.41) is 14.7. The van der Waals surface area contributed by atoms with Gasteiger partial charge in [0.1, 0.15) is 29.5 Å². The number of carbonyl (C=O) groups is 3. The van der Waals surface area contributed by atoms with Crippen molar-refractivity contribution in [3.63, 3.8) is 0 Å². The number of Topliss-reactive ketones (excluding diaryl/α,β-unsaturated/α-hetero) is 1. The van der Waals surface area contributed by atoms with Crippen LogP contribution >= 0.6 is 11.9 Å². The molecular formula is C25H26N4O5S. The summed E-state index contributed by atoms with van der Waals surface area (Å²) in [5.74, 6) is -0.361. The molecule has 35 heavy (non-hydrogen) atoms. The molecule has 0 spiro atoms. The van der Waals surface area contributed by atoms with Gasteiger partial charge in [0.05, 0.1) is 6.10 Å². The highest BCUT2D eigenvalue weighted by Gasteiger charge is 2.46. The predicted octanol–water partition coefficient (Wildman–Crippen LogP) is 1.96. The number of nitrogens with zero attached hydrogens (tertiary/aromatic N) is 2. The van der Waals surface area contributed by atoms with Crippen LogP contribution in [0, 0.1) is 0 Å². The Morgan fingerprint density at radius 1 is 1.17 bits per heavy atom. The number of aromatic hydroxyl groups is 1. The van der Waals surface area contributed by atoms with Crippen LogP contribution in [0.2, 0.25) is 0 Å². The van der Waals surface area contributed by atoms with Crippen LogP contribution in [0.5, 0.6) is 5.75 Å². The Labute approximate surface area is 207 Å². The standard InChI is InChI=1S/C25H26N4O5S/c30-18-10-8-16(9-11-18)13-19(25(33)28-12-4-7-21-23(28)20(31)15-34-21)29-14-22(35-27-29)26-24(32)17-5-2-1-3-6-17/h1-3,5-6,8-11,14,19,21,23,27,30H,4,7,12-13,15H2,(H,26,32). The zero-order valence-corrected chi connectivity index (χ0v) is 19.7. The topological polar surface area (TPSA) is 111 Å². The summed E-state index contributed by atoms with van der Waals surface area (Å²) in [6.07, 6.45) is 3.31. The van der Waals surface area contributed by atoms with Gasteiger partial charge in [0.2, 0.25) is 5.91 Å². The first-order valence-electron chi connectivity index (χ1n) is 11.5. The third-order valence-electron chi connectivity index (χ3n) is 6.40. The van der Waals surface area contributed by atoms with Crippen LogP contribution in [0.4, 0.5) is 0 Å². The number of hydrogen-bond donors (Lipinski definition) is 3. The number of carbonyl (C=O) groups excluding carboxylic acids is 3. The second-order valence-electron chi connectivity index (χ2n) is 8.73. The smallest absolute Gasteiger partial charge is 0.256 e. The van der Waals surface area contributed by atoms with Gasteiger partial charge in [-0.2, -0.15) is 4.83 Å². The van der Waals surface area contributed by atoms with E-state index in [4.69, 9.17) is 4.74 Å². The van der Waals surface area contributed by atoms with E-state index in [2.05, 4.69) is 10.1 Å². The lowest BCUT2D eigenvalue weighted by Gasteiger charge is -2.39. The van der Waals surface area contributed by atoms with Crippen molar-refractivity contribution in [1.29, 1.82) is 0 Å². The molecule has 0 saturated carbocycles. The van der Waals surface area contributed by atoms with Crippen molar-refractivity contribution in [3.05, 3.63) is 77.0 Å². The lowest BCUT2D eigenvalue weighted by atomic mass is 9.95. The molecule has 0 aromatic heterocycles. The maximum absolute atomic E-state index is 13.9. The fourth-order valence-electron chi connectivity index (χ4n) is 4.66. The lowest BCUT2D eigenvalue weighted by Crippen LogP contribution is -2.58. The number of rotatable bonds is 6. The van der Waals surface area contributed by atoms with E-state index >= 15 is 0 Å². The van der Waals surface area contributed by atoms with Gasteiger partial charge in [-0.1, -0.05) is 30.3 Å². The van der Waals surface area contributed by atoms with Crippen molar-refractivity contribution in [2.45, 2.75) is 37.5 Å². The van der Waals surface area contributed by atoms with E-state index in [1.807, 2.05) is 6.07 Å². The Bertz CT molecular complexity index is 1140. The summed E-state index contributed by atoms with van der Waals surface area (Å²) >= 11 is 1.20. The molecule has 9 nitrogen and oxygen atoms in total. The van der Waals surface area contributed by atoms with E-state index < -0.39 is 12.1 Å². The molecule has 0 radical (unpaired) electrons. The van der Waals surface area contributed by atoms with Crippen molar-refractivity contribution < 1.29 is 24.2 Å². The molecule has 0 aliphatic carbocycles. The average Bonchev–Trinajstić information content (AvgIpc) is 3.50. The quantitative estimate of drug-likeness (QED) is 0.523. The predicted molar refractivity (Wildman–Crippen MR) is 130 cm³/mol. The molecule has 2 aromatic rings. The first kappa shape index (κ1) is 23.4. The van der Waals surface area contributed by atoms with Crippen LogP contribution in [-0.2, 0) is 20.7 Å². The highest BCUT2D eigenvalue weighted by atomic mass is 32.2. The van der Waals surface area contributed by atoms with E-state index in [0.29, 0.717) is 23.6 Å². The summed E-state index contributed by atoms with van der Waals surface area (Å²) in [4.78, 5) is 43.7. The minimum absolute atomic E-state index is 0.0368. The molecule has 2 saturated heterocycles. The normalized spacial score (nSPS) is 22.5. The van der Waals surface area contributed by atoms with Crippen molar-refractivity contribution in [3.8, 4) is 5.75 Å². The molecule has 2 fully saturated rings. The minimum atomic E-state index is -0.676. The number of amides is 2. The molecular weight excluding hydrogens is 468 g/mol. The molecule has 3 aliphatic rings. The Balaban J connectivity index is 1.38. The molecule has 182 valence electrons. The first-order chi connectivity index (χ1) is 17.0. The molecule has 3 heterocycles. The van der Waals surface area contributed by atoms with Crippen molar-refractivity contribution in [2.75, 3.05) is 13.2 Å². The van der Waals surface area contributed by atoms with Crippen LogP contribution in [0.25, 0.3) is 0 Å². The zero-order valence-electron chi connectivity index (χ0n) is 18.9. The maximum atomic E-state index is 13.9. The van der Waals surface area contributed by atoms with Gasteiger partial charge in [-0.3, -0.25) is 19.4 Å². The van der Waals surface area contributed by atoms with Gasteiger partial charge >= 0.3 is 0 Å². The van der Waals surface area contributed by atoms with Gasteiger partial charge in [-0.05, 0) is 54.6 Å². The molecule has 3 atom stereocenters. The number of fused-ring (bicyclic) bond motifs is 1. The third kappa shape index (κ3) is 5.04. The molecule has 3 N–H and O–H groups in total. The number of phenolic OH excluding ortho intramolecular Hbond substituents is 1. The number of nitrogens with one attached hydrogen (secondary N) is 2. The second kappa shape index (κ2) is 10.1. The number of likely N-dealkylation sites (tertiary alicyclic amines) is 1. The van der Waals surface area contributed by atoms with Crippen LogP contribution in [0.15, 0.2) is 65.8 Å². The Morgan fingerprint density at radius 2 is 1.94 bits per heavy atom. The van der Waals surface area contributed by atoms with E-state index in [-0.39, 0.29) is 36.1 Å². The Hall–Kier alpha value is -3.34. The van der Waals surface area contributed by atoms with Crippen molar-refractivity contribution in [1.82, 2.24) is 20.1 Å². The van der Waals surface area contributed by atoms with Crippen LogP contribution in [0.3, 0.4) is 0 Å². The fourth-order valence-corrected chi connectivity index (χ4v) is 5.35. The summed E-state index contributed by atoms with van der Waals surface area (Å²) in [7, 11) is 0. The molecule has 10 heteroatoms. The van der Waals surface area contributed by atoms with Crippen LogP contribution in [-0.4, -0.2) is 64.0 Å². The van der Waals surface area contributed by atoms with E-state index in [1.54, 1.807) is 64.6 Å². The number of hydrazine groups is 1. The fraction of sp³-hybridized carbons (Fsp3) is 0.320. The third-order valence-corrected chi connectivity index (χ3v) is 7.13. The van der Waals surface area contributed by atoms with Gasteiger partial charge in [0.25, 0.3) is 5.91 Å². The molecule has 2 amide bonds. The molecule has 5 rings (SSSR count). The zero-order chi connectivity index (χ0) is 24.4. The highest BCUT2D eigenvalue weighted by molar-refractivity contribution is 8.01. The molecule has 2 aromatic carbocycles. The summed E-state index contributed by atoms with van der Waals surface area (Å²) in [6.45, 7) is 0.526.